The Morgan fingerprint density at radius 1 is 1.32 bits per heavy atom. The van der Waals surface area contributed by atoms with Crippen LogP contribution in [0.2, 0.25) is 0 Å². The molecule has 1 fully saturated rings. The number of rotatable bonds is 5. The third-order valence-corrected chi connectivity index (χ3v) is 3.86. The van der Waals surface area contributed by atoms with Gasteiger partial charge in [0.05, 0.1) is 4.92 Å². The molecular formula is C14H20N4O4. The van der Waals surface area contributed by atoms with Gasteiger partial charge in [0.15, 0.2) is 0 Å². The molecular weight excluding hydrogens is 288 g/mol. The fourth-order valence-electron chi connectivity index (χ4n) is 2.77. The van der Waals surface area contributed by atoms with E-state index in [2.05, 4.69) is 4.98 Å². The van der Waals surface area contributed by atoms with Crippen LogP contribution < -0.4 is 4.90 Å². The van der Waals surface area contributed by atoms with Crippen molar-refractivity contribution in [3.8, 4) is 0 Å². The van der Waals surface area contributed by atoms with E-state index in [-0.39, 0.29) is 11.6 Å². The quantitative estimate of drug-likeness (QED) is 0.644. The fraction of sp³-hybridized carbons (Fsp3) is 0.571. The maximum Gasteiger partial charge on any atom is 0.321 e. The third kappa shape index (κ3) is 3.51. The monoisotopic (exact) mass is 308 g/mol. The number of carbonyl (C=O) groups is 1. The SMILES string of the molecule is CC(C)C(C(=O)O)N1CCN(c2ccc([N+](=O)[O-])cn2)CC1. The van der Waals surface area contributed by atoms with Crippen molar-refractivity contribution < 1.29 is 14.8 Å². The zero-order chi connectivity index (χ0) is 16.3. The molecule has 0 spiro atoms. The number of nitrogens with zero attached hydrogens (tertiary/aromatic N) is 4. The largest absolute Gasteiger partial charge is 0.480 e. The maximum absolute atomic E-state index is 11.4. The summed E-state index contributed by atoms with van der Waals surface area (Å²) in [6.07, 6.45) is 1.25. The molecule has 120 valence electrons. The summed E-state index contributed by atoms with van der Waals surface area (Å²) in [5, 5.41) is 20.0. The number of anilines is 1. The molecule has 1 aromatic heterocycles. The Balaban J connectivity index is 1.99. The van der Waals surface area contributed by atoms with Crippen LogP contribution in [0.25, 0.3) is 0 Å². The molecule has 0 saturated carbocycles. The van der Waals surface area contributed by atoms with Crippen molar-refractivity contribution in [1.29, 1.82) is 0 Å². The molecule has 1 aliphatic rings. The Kier molecular flexibility index (Phi) is 4.92. The fourth-order valence-corrected chi connectivity index (χ4v) is 2.77. The molecule has 2 heterocycles. The highest BCUT2D eigenvalue weighted by atomic mass is 16.6. The molecule has 0 aliphatic carbocycles. The second-order valence-electron chi connectivity index (χ2n) is 5.68. The second-order valence-corrected chi connectivity index (χ2v) is 5.68. The number of carboxylic acid groups (broad SMARTS) is 1. The minimum atomic E-state index is -0.795. The van der Waals surface area contributed by atoms with Gasteiger partial charge in [-0.2, -0.15) is 0 Å². The summed E-state index contributed by atoms with van der Waals surface area (Å²) in [6.45, 7) is 6.39. The lowest BCUT2D eigenvalue weighted by atomic mass is 10.0. The van der Waals surface area contributed by atoms with Crippen LogP contribution in [0.1, 0.15) is 13.8 Å². The lowest BCUT2D eigenvalue weighted by molar-refractivity contribution is -0.385. The molecule has 1 saturated heterocycles. The highest BCUT2D eigenvalue weighted by Crippen LogP contribution is 2.19. The first-order chi connectivity index (χ1) is 10.4. The van der Waals surface area contributed by atoms with Gasteiger partial charge in [0, 0.05) is 32.2 Å². The molecule has 1 unspecified atom stereocenters. The molecule has 1 aromatic rings. The van der Waals surface area contributed by atoms with Gasteiger partial charge in [0.25, 0.3) is 5.69 Å². The van der Waals surface area contributed by atoms with Crippen LogP contribution in [-0.4, -0.2) is 58.1 Å². The van der Waals surface area contributed by atoms with Crippen molar-refractivity contribution in [3.05, 3.63) is 28.4 Å². The van der Waals surface area contributed by atoms with Gasteiger partial charge < -0.3 is 10.0 Å². The predicted octanol–water partition coefficient (Wildman–Crippen LogP) is 1.22. The lowest BCUT2D eigenvalue weighted by Gasteiger charge is -2.39. The molecule has 0 bridgehead atoms. The average molecular weight is 308 g/mol. The molecule has 22 heavy (non-hydrogen) atoms. The van der Waals surface area contributed by atoms with Crippen LogP contribution >= 0.6 is 0 Å². The Morgan fingerprint density at radius 2 is 1.95 bits per heavy atom. The van der Waals surface area contributed by atoms with E-state index in [1.165, 1.54) is 12.3 Å². The van der Waals surface area contributed by atoms with Crippen molar-refractivity contribution in [2.75, 3.05) is 31.1 Å². The number of aromatic nitrogens is 1. The summed E-state index contributed by atoms with van der Waals surface area (Å²) in [4.78, 5) is 29.6. The molecule has 2 rings (SSSR count). The Bertz CT molecular complexity index is 538. The van der Waals surface area contributed by atoms with Crippen LogP contribution in [-0.2, 0) is 4.79 Å². The van der Waals surface area contributed by atoms with Crippen LogP contribution in [0.3, 0.4) is 0 Å². The third-order valence-electron chi connectivity index (χ3n) is 3.86. The van der Waals surface area contributed by atoms with Gasteiger partial charge in [-0.05, 0) is 12.0 Å². The molecule has 8 heteroatoms. The van der Waals surface area contributed by atoms with Crippen molar-refractivity contribution in [2.24, 2.45) is 5.92 Å². The van der Waals surface area contributed by atoms with E-state index in [1.54, 1.807) is 6.07 Å². The smallest absolute Gasteiger partial charge is 0.321 e. The molecule has 0 radical (unpaired) electrons. The Labute approximate surface area is 128 Å². The predicted molar refractivity (Wildman–Crippen MR) is 80.9 cm³/mol. The van der Waals surface area contributed by atoms with E-state index in [9.17, 15) is 20.0 Å². The van der Waals surface area contributed by atoms with Gasteiger partial charge in [-0.15, -0.1) is 0 Å². The first kappa shape index (κ1) is 16.2. The molecule has 1 aliphatic heterocycles. The standard InChI is InChI=1S/C14H20N4O4/c1-10(2)13(14(19)20)17-7-5-16(6-8-17)12-4-3-11(9-15-12)18(21)22/h3-4,9-10,13H,5-8H2,1-2H3,(H,19,20). The number of piperazine rings is 1. The first-order valence-electron chi connectivity index (χ1n) is 7.22. The average Bonchev–Trinajstić information content (AvgIpc) is 2.47. The van der Waals surface area contributed by atoms with Gasteiger partial charge in [0.1, 0.15) is 18.1 Å². The van der Waals surface area contributed by atoms with E-state index in [1.807, 2.05) is 23.6 Å². The lowest BCUT2D eigenvalue weighted by Crippen LogP contribution is -2.54. The normalized spacial score (nSPS) is 17.5. The van der Waals surface area contributed by atoms with Crippen LogP contribution in [0, 0.1) is 16.0 Å². The molecule has 1 N–H and O–H groups in total. The van der Waals surface area contributed by atoms with Gasteiger partial charge in [0.2, 0.25) is 0 Å². The topological polar surface area (TPSA) is 99.8 Å². The summed E-state index contributed by atoms with van der Waals surface area (Å²) in [7, 11) is 0. The summed E-state index contributed by atoms with van der Waals surface area (Å²) in [5.41, 5.74) is -0.0341. The van der Waals surface area contributed by atoms with E-state index in [4.69, 9.17) is 0 Å². The van der Waals surface area contributed by atoms with Crippen molar-refractivity contribution >= 4 is 17.5 Å². The minimum absolute atomic E-state index is 0.0341. The minimum Gasteiger partial charge on any atom is -0.480 e. The van der Waals surface area contributed by atoms with Gasteiger partial charge in [-0.25, -0.2) is 4.98 Å². The van der Waals surface area contributed by atoms with E-state index >= 15 is 0 Å². The summed E-state index contributed by atoms with van der Waals surface area (Å²) in [6, 6.07) is 2.58. The number of aliphatic carboxylic acids is 1. The molecule has 0 amide bonds. The highest BCUT2D eigenvalue weighted by Gasteiger charge is 2.31. The van der Waals surface area contributed by atoms with Gasteiger partial charge in [-0.1, -0.05) is 13.8 Å². The van der Waals surface area contributed by atoms with Crippen LogP contribution in [0.5, 0.6) is 0 Å². The van der Waals surface area contributed by atoms with E-state index in [0.717, 1.165) is 0 Å². The number of hydrogen-bond acceptors (Lipinski definition) is 6. The summed E-state index contributed by atoms with van der Waals surface area (Å²) in [5.74, 6) is -0.0693. The Morgan fingerprint density at radius 3 is 2.36 bits per heavy atom. The zero-order valence-electron chi connectivity index (χ0n) is 12.7. The number of pyridine rings is 1. The van der Waals surface area contributed by atoms with Crippen molar-refractivity contribution in [3.63, 3.8) is 0 Å². The van der Waals surface area contributed by atoms with Crippen molar-refractivity contribution in [2.45, 2.75) is 19.9 Å². The molecule has 0 aromatic carbocycles. The molecule has 1 atom stereocenters. The highest BCUT2D eigenvalue weighted by molar-refractivity contribution is 5.73. The van der Waals surface area contributed by atoms with Crippen LogP contribution in [0.15, 0.2) is 18.3 Å². The van der Waals surface area contributed by atoms with Gasteiger partial charge >= 0.3 is 5.97 Å². The number of hydrogen-bond donors (Lipinski definition) is 1. The van der Waals surface area contributed by atoms with Crippen molar-refractivity contribution in [1.82, 2.24) is 9.88 Å². The first-order valence-corrected chi connectivity index (χ1v) is 7.22. The van der Waals surface area contributed by atoms with E-state index in [0.29, 0.717) is 32.0 Å². The molecule has 8 nitrogen and oxygen atoms in total. The summed E-state index contributed by atoms with van der Waals surface area (Å²) >= 11 is 0. The number of carboxylic acids is 1. The summed E-state index contributed by atoms with van der Waals surface area (Å²) < 4.78 is 0. The maximum atomic E-state index is 11.4. The Hall–Kier alpha value is -2.22. The van der Waals surface area contributed by atoms with E-state index < -0.39 is 16.9 Å². The van der Waals surface area contributed by atoms with Crippen LogP contribution in [0.4, 0.5) is 11.5 Å². The number of nitro groups is 1. The zero-order valence-corrected chi connectivity index (χ0v) is 12.7. The second kappa shape index (κ2) is 6.69. The van der Waals surface area contributed by atoms with Gasteiger partial charge in [-0.3, -0.25) is 19.8 Å².